The van der Waals surface area contributed by atoms with E-state index < -0.39 is 23.0 Å². The van der Waals surface area contributed by atoms with Crippen molar-refractivity contribution in [1.29, 1.82) is 0 Å². The molecule has 0 unspecified atom stereocenters. The summed E-state index contributed by atoms with van der Waals surface area (Å²) in [5.74, 6) is -0.334. The number of aromatic nitrogens is 2. The second-order valence-electron chi connectivity index (χ2n) is 14.2. The number of rotatable bonds is 8. The summed E-state index contributed by atoms with van der Waals surface area (Å²) in [6.45, 7) is 13.2. The molecule has 3 aliphatic carbocycles. The summed E-state index contributed by atoms with van der Waals surface area (Å²) in [5.41, 5.74) is 1.34. The maximum absolute atomic E-state index is 13.6. The summed E-state index contributed by atoms with van der Waals surface area (Å²) in [6, 6.07) is 10.5. The SMILES string of the molecule is C=C[C@]1(C)C[C@@H](OC(=O)CSc2nc(-c3cc[n+](Cc4ccc(F)cc4)cc3)cs2)[C@]2(C)[C@H](C)CC[C@]3(CCC(=O)[C@H]32)[C@@H](C)[C@@H]1O.[Br-]. The van der Waals surface area contributed by atoms with Crippen molar-refractivity contribution in [2.24, 2.45) is 34.0 Å². The lowest BCUT2D eigenvalue weighted by atomic mass is 9.44. The van der Waals surface area contributed by atoms with Crippen LogP contribution in [0.1, 0.15) is 65.4 Å². The molecule has 0 saturated heterocycles. The molecule has 0 aliphatic heterocycles. The average molecular weight is 744 g/mol. The molecule has 2 heterocycles. The smallest absolute Gasteiger partial charge is 0.316 e. The van der Waals surface area contributed by atoms with Crippen LogP contribution < -0.4 is 21.5 Å². The van der Waals surface area contributed by atoms with Crippen molar-refractivity contribution in [2.75, 3.05) is 5.75 Å². The first-order valence-corrected chi connectivity index (χ1v) is 18.1. The normalized spacial score (nSPS) is 33.2. The zero-order valence-corrected chi connectivity index (χ0v) is 30.7. The topological polar surface area (TPSA) is 80.4 Å². The number of hydrogen-bond donors (Lipinski definition) is 1. The molecule has 1 N–H and O–H groups in total. The summed E-state index contributed by atoms with van der Waals surface area (Å²) in [4.78, 5) is 31.9. The number of thioether (sulfide) groups is 1. The summed E-state index contributed by atoms with van der Waals surface area (Å²) in [5, 5.41) is 13.7. The fourth-order valence-corrected chi connectivity index (χ4v) is 10.4. The predicted molar refractivity (Wildman–Crippen MR) is 179 cm³/mol. The molecule has 47 heavy (non-hydrogen) atoms. The minimum Gasteiger partial charge on any atom is -1.00 e. The zero-order chi connectivity index (χ0) is 32.9. The first kappa shape index (κ1) is 35.9. The molecule has 3 fully saturated rings. The number of Topliss-reactive ketones (excluding diaryl/α,β-unsaturated/α-hetero) is 1. The molecule has 0 radical (unpaired) electrons. The third-order valence-electron chi connectivity index (χ3n) is 11.8. The monoisotopic (exact) mass is 742 g/mol. The number of carbonyl (C=O) groups is 2. The van der Waals surface area contributed by atoms with Crippen molar-refractivity contribution in [3.8, 4) is 11.3 Å². The quantitative estimate of drug-likeness (QED) is 0.161. The Kier molecular flexibility index (Phi) is 10.6. The molecule has 0 spiro atoms. The van der Waals surface area contributed by atoms with E-state index in [2.05, 4.69) is 27.4 Å². The summed E-state index contributed by atoms with van der Waals surface area (Å²) < 4.78 is 22.4. The van der Waals surface area contributed by atoms with E-state index in [1.807, 2.05) is 47.5 Å². The van der Waals surface area contributed by atoms with E-state index in [1.54, 1.807) is 12.1 Å². The molecular formula is C37H44BrFN2O4S2. The Balaban J connectivity index is 0.00000433. The van der Waals surface area contributed by atoms with Crippen molar-refractivity contribution in [1.82, 2.24) is 4.98 Å². The van der Waals surface area contributed by atoms with Crippen LogP contribution in [0.4, 0.5) is 4.39 Å². The van der Waals surface area contributed by atoms with Crippen LogP contribution in [0.3, 0.4) is 0 Å². The van der Waals surface area contributed by atoms with Gasteiger partial charge in [0.2, 0.25) is 0 Å². The number of thiazole rings is 1. The maximum atomic E-state index is 13.6. The Morgan fingerprint density at radius 1 is 1.19 bits per heavy atom. The third kappa shape index (κ3) is 6.52. The van der Waals surface area contributed by atoms with E-state index in [-0.39, 0.29) is 63.5 Å². The number of carbonyl (C=O) groups excluding carboxylic acids is 2. The number of aliphatic hydroxyl groups is 1. The van der Waals surface area contributed by atoms with Crippen molar-refractivity contribution in [2.45, 2.75) is 82.9 Å². The molecule has 2 bridgehead atoms. The van der Waals surface area contributed by atoms with Crippen LogP contribution in [-0.4, -0.2) is 39.8 Å². The minimum absolute atomic E-state index is 0. The van der Waals surface area contributed by atoms with Crippen LogP contribution in [0.15, 0.2) is 71.2 Å². The first-order chi connectivity index (χ1) is 21.9. The Morgan fingerprint density at radius 3 is 2.57 bits per heavy atom. The molecule has 3 aliphatic rings. The van der Waals surface area contributed by atoms with Gasteiger partial charge < -0.3 is 26.8 Å². The lowest BCUT2D eigenvalue weighted by molar-refractivity contribution is -0.688. The van der Waals surface area contributed by atoms with Crippen molar-refractivity contribution >= 4 is 34.9 Å². The average Bonchev–Trinajstić information content (AvgIpc) is 3.67. The highest BCUT2D eigenvalue weighted by molar-refractivity contribution is 8.01. The number of halogens is 2. The van der Waals surface area contributed by atoms with E-state index in [0.29, 0.717) is 19.4 Å². The molecule has 10 heteroatoms. The highest BCUT2D eigenvalue weighted by Gasteiger charge is 2.68. The van der Waals surface area contributed by atoms with Gasteiger partial charge in [-0.3, -0.25) is 9.59 Å². The number of nitrogens with zero attached hydrogens (tertiary/aromatic N) is 2. The van der Waals surface area contributed by atoms with E-state index in [0.717, 1.165) is 40.4 Å². The second-order valence-corrected chi connectivity index (χ2v) is 16.3. The number of esters is 1. The standard InChI is InChI=1S/C37H44FN2O4S2.BrH/c1-6-35(4)19-30(36(5)23(2)11-15-37(24(3)33(35)43)16-12-29(41)32(36)37)44-31(42)22-46-34-39-28(21-45-34)26-13-17-40(18-14-26)20-25-7-9-27(38)10-8-25;/h6-10,13-14,17-18,21,23-24,30,32-33,43H,1,11-12,15-16,19-20,22H2,2-5H3;1H/q+1;/p-1/t23-,24+,30-,32+,33+,35-,36+,37+;/m1./s1. The van der Waals surface area contributed by atoms with E-state index in [9.17, 15) is 19.1 Å². The van der Waals surface area contributed by atoms with Gasteiger partial charge in [-0.15, -0.1) is 17.9 Å². The molecule has 6 rings (SSSR count). The summed E-state index contributed by atoms with van der Waals surface area (Å²) in [7, 11) is 0. The fourth-order valence-electron chi connectivity index (χ4n) is 8.81. The first-order valence-electron chi connectivity index (χ1n) is 16.3. The number of benzene rings is 1. The highest BCUT2D eigenvalue weighted by Crippen LogP contribution is 2.68. The van der Waals surface area contributed by atoms with Gasteiger partial charge in [-0.05, 0) is 67.2 Å². The number of aliphatic hydroxyl groups excluding tert-OH is 1. The van der Waals surface area contributed by atoms with Crippen LogP contribution in [0.5, 0.6) is 0 Å². The van der Waals surface area contributed by atoms with Gasteiger partial charge in [0.25, 0.3) is 0 Å². The largest absolute Gasteiger partial charge is 1.00 e. The lowest BCUT2D eigenvalue weighted by Gasteiger charge is -2.61. The van der Waals surface area contributed by atoms with Crippen LogP contribution >= 0.6 is 23.1 Å². The summed E-state index contributed by atoms with van der Waals surface area (Å²) >= 11 is 2.84. The van der Waals surface area contributed by atoms with Crippen molar-refractivity contribution in [3.05, 3.63) is 78.2 Å². The van der Waals surface area contributed by atoms with E-state index in [1.165, 1.54) is 35.2 Å². The molecule has 252 valence electrons. The number of pyridine rings is 1. The fraction of sp³-hybridized carbons (Fsp3) is 0.514. The Labute approximate surface area is 296 Å². The lowest BCUT2D eigenvalue weighted by Crippen LogP contribution is -3.00. The highest BCUT2D eigenvalue weighted by atomic mass is 79.9. The molecule has 0 amide bonds. The Hall–Kier alpha value is -2.40. The minimum atomic E-state index is -0.684. The molecule has 8 atom stereocenters. The molecule has 3 saturated carbocycles. The maximum Gasteiger partial charge on any atom is 0.316 e. The van der Waals surface area contributed by atoms with Gasteiger partial charge >= 0.3 is 5.97 Å². The third-order valence-corrected chi connectivity index (χ3v) is 13.8. The number of ketones is 1. The van der Waals surface area contributed by atoms with E-state index >= 15 is 0 Å². The van der Waals surface area contributed by atoms with Crippen LogP contribution in [0, 0.1) is 39.8 Å². The Bertz CT molecular complexity index is 1620. The van der Waals surface area contributed by atoms with Crippen molar-refractivity contribution < 1.29 is 45.4 Å². The van der Waals surface area contributed by atoms with Crippen molar-refractivity contribution in [3.63, 3.8) is 0 Å². The molecule has 1 aromatic carbocycles. The zero-order valence-electron chi connectivity index (χ0n) is 27.5. The van der Waals surface area contributed by atoms with Gasteiger partial charge in [0.05, 0.1) is 17.6 Å². The van der Waals surface area contributed by atoms with Gasteiger partial charge in [-0.2, -0.15) is 0 Å². The molecule has 3 aromatic rings. The van der Waals surface area contributed by atoms with Gasteiger partial charge in [0.1, 0.15) is 17.7 Å². The van der Waals surface area contributed by atoms with Crippen LogP contribution in [0.2, 0.25) is 0 Å². The van der Waals surface area contributed by atoms with Crippen LogP contribution in [-0.2, 0) is 20.9 Å². The van der Waals surface area contributed by atoms with Gasteiger partial charge in [-0.1, -0.05) is 45.5 Å². The molecular weight excluding hydrogens is 699 g/mol. The molecule has 2 aromatic heterocycles. The molecule has 6 nitrogen and oxygen atoms in total. The van der Waals surface area contributed by atoms with Gasteiger partial charge in [0.15, 0.2) is 23.3 Å². The number of hydrogen-bond acceptors (Lipinski definition) is 7. The number of ether oxygens (including phenoxy) is 1. The second kappa shape index (κ2) is 13.8. The summed E-state index contributed by atoms with van der Waals surface area (Å²) in [6.07, 6.45) is 8.15. The van der Waals surface area contributed by atoms with Crippen LogP contribution in [0.25, 0.3) is 11.3 Å². The van der Waals surface area contributed by atoms with Gasteiger partial charge in [-0.25, -0.2) is 13.9 Å². The Morgan fingerprint density at radius 2 is 1.89 bits per heavy atom. The van der Waals surface area contributed by atoms with E-state index in [4.69, 9.17) is 9.72 Å². The van der Waals surface area contributed by atoms with Gasteiger partial charge in [0, 0.05) is 51.8 Å². The predicted octanol–water partition coefficient (Wildman–Crippen LogP) is 4.29.